The predicted octanol–water partition coefficient (Wildman–Crippen LogP) is 1.32. The zero-order valence-corrected chi connectivity index (χ0v) is 11.6. The largest absolute Gasteiger partial charge is 0.311 e. The van der Waals surface area contributed by atoms with Crippen molar-refractivity contribution in [2.24, 2.45) is 5.92 Å². The van der Waals surface area contributed by atoms with Crippen molar-refractivity contribution in [2.45, 2.75) is 6.42 Å². The van der Waals surface area contributed by atoms with Gasteiger partial charge in [0.05, 0.1) is 16.8 Å². The third kappa shape index (κ3) is 1.87. The molecule has 0 aromatic heterocycles. The van der Waals surface area contributed by atoms with Crippen LogP contribution in [-0.4, -0.2) is 29.6 Å². The summed E-state index contributed by atoms with van der Waals surface area (Å²) < 4.78 is 0. The molecule has 1 aromatic carbocycles. The first kappa shape index (κ1) is 12.3. The van der Waals surface area contributed by atoms with Crippen LogP contribution < -0.4 is 10.2 Å². The number of fused-ring (bicyclic) bond motifs is 1. The van der Waals surface area contributed by atoms with Crippen molar-refractivity contribution in [1.82, 2.24) is 5.32 Å². The number of carbonyl (C=O) groups excluding carboxylic acids is 3. The molecule has 1 aromatic rings. The Balaban J connectivity index is 2.06. The molecule has 3 amide bonds. The first-order valence-electron chi connectivity index (χ1n) is 5.97. The van der Waals surface area contributed by atoms with Crippen molar-refractivity contribution >= 4 is 39.3 Å². The summed E-state index contributed by atoms with van der Waals surface area (Å²) >= 11 is 3.38. The smallest absolute Gasteiger partial charge is 0.261 e. The Morgan fingerprint density at radius 2 is 2.05 bits per heavy atom. The maximum absolute atomic E-state index is 12.0. The molecular weight excluding hydrogens is 312 g/mol. The summed E-state index contributed by atoms with van der Waals surface area (Å²) in [6.45, 7) is 0.571. The van der Waals surface area contributed by atoms with Gasteiger partial charge in [0.2, 0.25) is 5.91 Å². The van der Waals surface area contributed by atoms with E-state index in [1.807, 2.05) is 0 Å². The van der Waals surface area contributed by atoms with Gasteiger partial charge in [-0.1, -0.05) is 22.0 Å². The molecule has 5 nitrogen and oxygen atoms in total. The Morgan fingerprint density at radius 1 is 1.26 bits per heavy atom. The second-order valence-electron chi connectivity index (χ2n) is 4.71. The van der Waals surface area contributed by atoms with Crippen molar-refractivity contribution in [3.05, 3.63) is 29.3 Å². The number of benzene rings is 1. The number of hydrogen-bond donors (Lipinski definition) is 1. The second-order valence-corrected chi connectivity index (χ2v) is 5.36. The van der Waals surface area contributed by atoms with Crippen molar-refractivity contribution in [2.75, 3.05) is 16.8 Å². The summed E-state index contributed by atoms with van der Waals surface area (Å²) in [5.41, 5.74) is 1.20. The summed E-state index contributed by atoms with van der Waals surface area (Å²) in [6, 6.07) is 5.01. The fourth-order valence-electron chi connectivity index (χ4n) is 2.54. The predicted molar refractivity (Wildman–Crippen MR) is 72.5 cm³/mol. The minimum Gasteiger partial charge on any atom is -0.311 e. The molecule has 0 spiro atoms. The van der Waals surface area contributed by atoms with Crippen molar-refractivity contribution < 1.29 is 14.4 Å². The van der Waals surface area contributed by atoms with Crippen molar-refractivity contribution in [1.29, 1.82) is 0 Å². The average molecular weight is 323 g/mol. The van der Waals surface area contributed by atoms with Gasteiger partial charge >= 0.3 is 0 Å². The number of rotatable bonds is 2. The zero-order chi connectivity index (χ0) is 13.6. The van der Waals surface area contributed by atoms with Gasteiger partial charge in [0.25, 0.3) is 11.8 Å². The van der Waals surface area contributed by atoms with Gasteiger partial charge in [0, 0.05) is 18.3 Å². The van der Waals surface area contributed by atoms with Gasteiger partial charge < -0.3 is 4.90 Å². The lowest BCUT2D eigenvalue weighted by molar-refractivity contribution is -0.117. The van der Waals surface area contributed by atoms with Gasteiger partial charge in [-0.3, -0.25) is 19.7 Å². The number of hydrogen-bond acceptors (Lipinski definition) is 3. The molecule has 0 bridgehead atoms. The number of nitrogens with one attached hydrogen (secondary N) is 1. The molecule has 1 N–H and O–H groups in total. The van der Waals surface area contributed by atoms with Gasteiger partial charge in [0.1, 0.15) is 0 Å². The maximum atomic E-state index is 12.0. The average Bonchev–Trinajstić information content (AvgIpc) is 2.91. The highest BCUT2D eigenvalue weighted by atomic mass is 79.9. The van der Waals surface area contributed by atoms with E-state index in [1.165, 1.54) is 0 Å². The SMILES string of the molecule is O=C1NC(=O)c2c1cccc2N1CC(CBr)CC1=O. The van der Waals surface area contributed by atoms with Gasteiger partial charge in [-0.05, 0) is 18.1 Å². The van der Waals surface area contributed by atoms with E-state index >= 15 is 0 Å². The molecule has 3 rings (SSSR count). The quantitative estimate of drug-likeness (QED) is 0.659. The molecular formula is C13H11BrN2O3. The van der Waals surface area contributed by atoms with Gasteiger partial charge in [0.15, 0.2) is 0 Å². The molecule has 2 aliphatic rings. The highest BCUT2D eigenvalue weighted by molar-refractivity contribution is 9.09. The number of halogens is 1. The standard InChI is InChI=1S/C13H11BrN2O3/c14-5-7-4-10(17)16(6-7)9-3-1-2-8-11(9)13(19)15-12(8)18/h1-3,7H,4-6H2,(H,15,18,19). The van der Waals surface area contributed by atoms with Crippen LogP contribution in [0, 0.1) is 5.92 Å². The van der Waals surface area contributed by atoms with Gasteiger partial charge in [-0.15, -0.1) is 0 Å². The first-order valence-corrected chi connectivity index (χ1v) is 7.09. The molecule has 2 aliphatic heterocycles. The van der Waals surface area contributed by atoms with Crippen LogP contribution >= 0.6 is 15.9 Å². The molecule has 0 saturated carbocycles. The molecule has 19 heavy (non-hydrogen) atoms. The van der Waals surface area contributed by atoms with E-state index in [2.05, 4.69) is 21.2 Å². The third-order valence-electron chi connectivity index (χ3n) is 3.46. The topological polar surface area (TPSA) is 66.5 Å². The first-order chi connectivity index (χ1) is 9.11. The molecule has 2 heterocycles. The van der Waals surface area contributed by atoms with E-state index < -0.39 is 11.8 Å². The molecule has 0 radical (unpaired) electrons. The molecule has 98 valence electrons. The summed E-state index contributed by atoms with van der Waals surface area (Å²) in [6.07, 6.45) is 0.463. The van der Waals surface area contributed by atoms with Crippen LogP contribution in [-0.2, 0) is 4.79 Å². The highest BCUT2D eigenvalue weighted by Gasteiger charge is 2.36. The van der Waals surface area contributed by atoms with Crippen LogP contribution in [0.15, 0.2) is 18.2 Å². The fraction of sp³-hybridized carbons (Fsp3) is 0.308. The lowest BCUT2D eigenvalue weighted by Crippen LogP contribution is -2.27. The van der Waals surface area contributed by atoms with Crippen LogP contribution in [0.5, 0.6) is 0 Å². The Kier molecular flexibility index (Phi) is 2.89. The lowest BCUT2D eigenvalue weighted by Gasteiger charge is -2.18. The monoisotopic (exact) mass is 322 g/mol. The normalized spacial score (nSPS) is 21.8. The maximum Gasteiger partial charge on any atom is 0.261 e. The summed E-state index contributed by atoms with van der Waals surface area (Å²) in [5, 5.41) is 3.01. The number of nitrogens with zero attached hydrogens (tertiary/aromatic N) is 1. The van der Waals surface area contributed by atoms with E-state index in [9.17, 15) is 14.4 Å². The number of alkyl halides is 1. The molecule has 6 heteroatoms. The zero-order valence-electron chi connectivity index (χ0n) is 9.98. The Hall–Kier alpha value is -1.69. The number of imide groups is 1. The Morgan fingerprint density at radius 3 is 2.74 bits per heavy atom. The summed E-state index contributed by atoms with van der Waals surface area (Å²) in [7, 11) is 0. The van der Waals surface area contributed by atoms with E-state index in [0.717, 1.165) is 5.33 Å². The van der Waals surface area contributed by atoms with Crippen molar-refractivity contribution in [3.8, 4) is 0 Å². The van der Waals surface area contributed by atoms with Crippen LogP contribution in [0.3, 0.4) is 0 Å². The third-order valence-corrected chi connectivity index (χ3v) is 4.37. The molecule has 1 atom stereocenters. The van der Waals surface area contributed by atoms with E-state index in [4.69, 9.17) is 0 Å². The minimum absolute atomic E-state index is 0.00926. The second kappa shape index (κ2) is 4.45. The molecule has 1 unspecified atom stereocenters. The van der Waals surface area contributed by atoms with E-state index in [1.54, 1.807) is 23.1 Å². The highest BCUT2D eigenvalue weighted by Crippen LogP contribution is 2.32. The summed E-state index contributed by atoms with van der Waals surface area (Å²) in [4.78, 5) is 37.1. The minimum atomic E-state index is -0.425. The van der Waals surface area contributed by atoms with Crippen LogP contribution in [0.25, 0.3) is 0 Å². The van der Waals surface area contributed by atoms with E-state index in [0.29, 0.717) is 29.8 Å². The summed E-state index contributed by atoms with van der Waals surface area (Å²) in [5.74, 6) is -0.593. The van der Waals surface area contributed by atoms with Crippen molar-refractivity contribution in [3.63, 3.8) is 0 Å². The van der Waals surface area contributed by atoms with Crippen LogP contribution in [0.2, 0.25) is 0 Å². The number of amides is 3. The number of carbonyl (C=O) groups is 3. The Bertz CT molecular complexity index is 600. The van der Waals surface area contributed by atoms with Gasteiger partial charge in [-0.2, -0.15) is 0 Å². The van der Waals surface area contributed by atoms with Gasteiger partial charge in [-0.25, -0.2) is 0 Å². The van der Waals surface area contributed by atoms with Crippen LogP contribution in [0.1, 0.15) is 27.1 Å². The molecule has 1 saturated heterocycles. The van der Waals surface area contributed by atoms with Crippen LogP contribution in [0.4, 0.5) is 5.69 Å². The molecule has 1 fully saturated rings. The lowest BCUT2D eigenvalue weighted by atomic mass is 10.1. The molecule has 0 aliphatic carbocycles. The number of anilines is 1. The van der Waals surface area contributed by atoms with E-state index in [-0.39, 0.29) is 11.8 Å². The Labute approximate surface area is 118 Å². The fourth-order valence-corrected chi connectivity index (χ4v) is 2.98.